The lowest BCUT2D eigenvalue weighted by Crippen LogP contribution is -2.42. The molecule has 1 aromatic rings. The van der Waals surface area contributed by atoms with Crippen molar-refractivity contribution in [2.24, 2.45) is 0 Å². The Balaban J connectivity index is 0.00000180. The van der Waals surface area contributed by atoms with Gasteiger partial charge in [-0.15, -0.1) is 24.2 Å². The molecule has 0 spiro atoms. The van der Waals surface area contributed by atoms with Gasteiger partial charge in [-0.25, -0.2) is 0 Å². The molecule has 1 heterocycles. The largest absolute Gasteiger partial charge is 0.385 e. The molecule has 0 unspecified atom stereocenters. The van der Waals surface area contributed by atoms with Gasteiger partial charge in [0, 0.05) is 18.0 Å². The fourth-order valence-corrected chi connectivity index (χ4v) is 3.12. The Morgan fingerprint density at radius 2 is 2.00 bits per heavy atom. The van der Waals surface area contributed by atoms with E-state index in [1.165, 1.54) is 11.3 Å². The molecule has 0 saturated carbocycles. The second-order valence-electron chi connectivity index (χ2n) is 5.11. The molecule has 0 radical (unpaired) electrons. The Hall–Kier alpha value is -0.220. The van der Waals surface area contributed by atoms with Gasteiger partial charge in [-0.1, -0.05) is 19.1 Å². The fourth-order valence-electron chi connectivity index (χ4n) is 2.66. The van der Waals surface area contributed by atoms with Crippen LogP contribution in [0.25, 0.3) is 0 Å². The Morgan fingerprint density at radius 3 is 2.58 bits per heavy atom. The standard InChI is InChI=1S/C15H23NOS.ClH/c1-3-9-16-10-7-15(17,8-11-16)13-5-4-6-14(12-13)18-2;/h4-6,12,17H,3,7-11H2,1-2H3;1H. The monoisotopic (exact) mass is 301 g/mol. The molecule has 0 bridgehead atoms. The third-order valence-corrected chi connectivity index (χ3v) is 4.56. The Morgan fingerprint density at radius 1 is 1.32 bits per heavy atom. The van der Waals surface area contributed by atoms with E-state index >= 15 is 0 Å². The van der Waals surface area contributed by atoms with Crippen LogP contribution in [0.1, 0.15) is 31.7 Å². The lowest BCUT2D eigenvalue weighted by molar-refractivity contribution is -0.0259. The second-order valence-corrected chi connectivity index (χ2v) is 5.98. The molecular weight excluding hydrogens is 278 g/mol. The topological polar surface area (TPSA) is 23.5 Å². The van der Waals surface area contributed by atoms with Crippen molar-refractivity contribution in [1.82, 2.24) is 4.90 Å². The van der Waals surface area contributed by atoms with Gasteiger partial charge in [0.05, 0.1) is 5.60 Å². The van der Waals surface area contributed by atoms with Gasteiger partial charge in [-0.05, 0) is 49.8 Å². The fraction of sp³-hybridized carbons (Fsp3) is 0.600. The zero-order valence-corrected chi connectivity index (χ0v) is 13.4. The van der Waals surface area contributed by atoms with Crippen LogP contribution in [-0.2, 0) is 5.60 Å². The van der Waals surface area contributed by atoms with Crippen molar-refractivity contribution in [3.8, 4) is 0 Å². The van der Waals surface area contributed by atoms with Gasteiger partial charge in [0.25, 0.3) is 0 Å². The van der Waals surface area contributed by atoms with Gasteiger partial charge in [0.1, 0.15) is 0 Å². The van der Waals surface area contributed by atoms with Gasteiger partial charge < -0.3 is 10.0 Å². The normalized spacial score (nSPS) is 18.9. The Kier molecular flexibility index (Phi) is 6.67. The summed E-state index contributed by atoms with van der Waals surface area (Å²) in [5.74, 6) is 0. The van der Waals surface area contributed by atoms with Crippen molar-refractivity contribution in [3.63, 3.8) is 0 Å². The quantitative estimate of drug-likeness (QED) is 0.861. The number of benzene rings is 1. The number of nitrogens with zero attached hydrogens (tertiary/aromatic N) is 1. The first kappa shape index (κ1) is 16.8. The summed E-state index contributed by atoms with van der Waals surface area (Å²) in [6, 6.07) is 8.36. The number of thioether (sulfide) groups is 1. The molecule has 19 heavy (non-hydrogen) atoms. The van der Waals surface area contributed by atoms with Crippen LogP contribution in [0.3, 0.4) is 0 Å². The molecule has 1 aromatic carbocycles. The zero-order valence-electron chi connectivity index (χ0n) is 11.8. The maximum absolute atomic E-state index is 10.8. The van der Waals surface area contributed by atoms with Crippen molar-refractivity contribution in [2.75, 3.05) is 25.9 Å². The summed E-state index contributed by atoms with van der Waals surface area (Å²) in [4.78, 5) is 3.68. The van der Waals surface area contributed by atoms with Gasteiger partial charge in [-0.2, -0.15) is 0 Å². The number of hydrogen-bond acceptors (Lipinski definition) is 3. The average molecular weight is 302 g/mol. The van der Waals surface area contributed by atoms with Crippen molar-refractivity contribution in [3.05, 3.63) is 29.8 Å². The van der Waals surface area contributed by atoms with Gasteiger partial charge in [0.15, 0.2) is 0 Å². The van der Waals surface area contributed by atoms with E-state index in [-0.39, 0.29) is 12.4 Å². The highest BCUT2D eigenvalue weighted by atomic mass is 35.5. The molecule has 1 aliphatic rings. The minimum absolute atomic E-state index is 0. The first-order valence-electron chi connectivity index (χ1n) is 6.77. The SMILES string of the molecule is CCCN1CCC(O)(c2cccc(SC)c2)CC1.Cl. The molecule has 0 aromatic heterocycles. The predicted molar refractivity (Wildman–Crippen MR) is 85.3 cm³/mol. The van der Waals surface area contributed by atoms with E-state index in [4.69, 9.17) is 0 Å². The molecule has 0 atom stereocenters. The maximum Gasteiger partial charge on any atom is 0.0921 e. The summed E-state index contributed by atoms with van der Waals surface area (Å²) < 4.78 is 0. The molecule has 2 nitrogen and oxygen atoms in total. The number of rotatable bonds is 4. The average Bonchev–Trinajstić information content (AvgIpc) is 2.42. The van der Waals surface area contributed by atoms with Crippen LogP contribution in [0.4, 0.5) is 0 Å². The van der Waals surface area contributed by atoms with Crippen LogP contribution in [0.2, 0.25) is 0 Å². The minimum atomic E-state index is -0.615. The summed E-state index contributed by atoms with van der Waals surface area (Å²) in [6.07, 6.45) is 4.98. The van der Waals surface area contributed by atoms with Crippen LogP contribution < -0.4 is 0 Å². The highest BCUT2D eigenvalue weighted by Crippen LogP contribution is 2.34. The zero-order chi connectivity index (χ0) is 13.0. The van der Waals surface area contributed by atoms with E-state index in [2.05, 4.69) is 42.3 Å². The molecule has 1 fully saturated rings. The van der Waals surface area contributed by atoms with Crippen LogP contribution >= 0.6 is 24.2 Å². The summed E-state index contributed by atoms with van der Waals surface area (Å²) in [7, 11) is 0. The van der Waals surface area contributed by atoms with Crippen molar-refractivity contribution in [2.45, 2.75) is 36.7 Å². The van der Waals surface area contributed by atoms with Crippen LogP contribution in [0.15, 0.2) is 29.2 Å². The molecule has 108 valence electrons. The van der Waals surface area contributed by atoms with E-state index in [1.54, 1.807) is 11.8 Å². The highest BCUT2D eigenvalue weighted by Gasteiger charge is 2.33. The number of likely N-dealkylation sites (tertiary alicyclic amines) is 1. The van der Waals surface area contributed by atoms with Crippen molar-refractivity contribution < 1.29 is 5.11 Å². The van der Waals surface area contributed by atoms with Gasteiger partial charge >= 0.3 is 0 Å². The molecular formula is C15H24ClNOS. The van der Waals surface area contributed by atoms with Crippen LogP contribution in [0.5, 0.6) is 0 Å². The summed E-state index contributed by atoms with van der Waals surface area (Å²) in [6.45, 7) is 5.38. The van der Waals surface area contributed by atoms with Gasteiger partial charge in [-0.3, -0.25) is 0 Å². The molecule has 0 aliphatic carbocycles. The molecule has 4 heteroatoms. The van der Waals surface area contributed by atoms with Crippen LogP contribution in [-0.4, -0.2) is 35.9 Å². The smallest absolute Gasteiger partial charge is 0.0921 e. The van der Waals surface area contributed by atoms with E-state index in [0.717, 1.165) is 38.0 Å². The second kappa shape index (κ2) is 7.53. The molecule has 1 saturated heterocycles. The highest BCUT2D eigenvalue weighted by molar-refractivity contribution is 7.98. The predicted octanol–water partition coefficient (Wildman–Crippen LogP) is 3.52. The molecule has 2 rings (SSSR count). The molecule has 0 amide bonds. The first-order valence-corrected chi connectivity index (χ1v) is 7.99. The first-order chi connectivity index (χ1) is 8.68. The Bertz CT molecular complexity index is 391. The minimum Gasteiger partial charge on any atom is -0.385 e. The number of piperidine rings is 1. The number of hydrogen-bond donors (Lipinski definition) is 1. The number of aliphatic hydroxyl groups is 1. The van der Waals surface area contributed by atoms with Gasteiger partial charge in [0.2, 0.25) is 0 Å². The third-order valence-electron chi connectivity index (χ3n) is 3.83. The Labute approximate surface area is 127 Å². The van der Waals surface area contributed by atoms with E-state index < -0.39 is 5.60 Å². The molecule has 1 aliphatic heterocycles. The van der Waals surface area contributed by atoms with Crippen LogP contribution in [0, 0.1) is 0 Å². The van der Waals surface area contributed by atoms with Crippen molar-refractivity contribution >= 4 is 24.2 Å². The summed E-state index contributed by atoms with van der Waals surface area (Å²) in [5.41, 5.74) is 0.473. The lowest BCUT2D eigenvalue weighted by atomic mass is 9.84. The van der Waals surface area contributed by atoms with Crippen molar-refractivity contribution in [1.29, 1.82) is 0 Å². The van der Waals surface area contributed by atoms with E-state index in [0.29, 0.717) is 0 Å². The molecule has 1 N–H and O–H groups in total. The van der Waals surface area contributed by atoms with E-state index in [1.807, 2.05) is 0 Å². The summed E-state index contributed by atoms with van der Waals surface area (Å²) in [5, 5.41) is 10.8. The lowest BCUT2D eigenvalue weighted by Gasteiger charge is -2.38. The van der Waals surface area contributed by atoms with E-state index in [9.17, 15) is 5.11 Å². The maximum atomic E-state index is 10.8. The third kappa shape index (κ3) is 4.12. The number of halogens is 1. The summed E-state index contributed by atoms with van der Waals surface area (Å²) >= 11 is 1.73.